The number of amides is 4. The minimum absolute atomic E-state index is 0. The number of likely N-dealkylation sites (tertiary alicyclic amines) is 1. The molecule has 308 valence electrons. The molecule has 0 unspecified atom stereocenters. The number of benzene rings is 2. The number of thiazole rings is 1. The van der Waals surface area contributed by atoms with Crippen LogP contribution in [0.15, 0.2) is 41.9 Å². The zero-order valence-electron chi connectivity index (χ0n) is 32.6. The third kappa shape index (κ3) is 12.7. The maximum absolute atomic E-state index is 15.1. The van der Waals surface area contributed by atoms with E-state index in [0.717, 1.165) is 27.8 Å². The standard InChI is InChI=1S/C40H54F2N6O6S.ClH/c1-23(25-11-13-26(14-12-25)36-24(2)45-22-55-36)46-38(52)31-19-28(49)20-48(31)39(53)37(40(3,4)5)47-34(51)10-8-6-7-9-29-30(41)16-17-32(35(29)42)54-21-27(43)15-18-33(44)50;/h11-14,16-17,22-23,27-28,31,37,49H,6-10,15,18-21,43H2,1-5H3,(H2,44,50)(H,46,52)(H,47,51);1H/t23-,27-,28+,31-,37+;/m0./s1. The fourth-order valence-electron chi connectivity index (χ4n) is 6.54. The third-order valence-corrected chi connectivity index (χ3v) is 10.7. The Labute approximate surface area is 337 Å². The molecule has 0 radical (unpaired) electrons. The van der Waals surface area contributed by atoms with Crippen LogP contribution >= 0.6 is 23.7 Å². The van der Waals surface area contributed by atoms with E-state index in [4.69, 9.17) is 16.2 Å². The van der Waals surface area contributed by atoms with Gasteiger partial charge in [-0.25, -0.2) is 13.8 Å². The number of rotatable bonds is 18. The van der Waals surface area contributed by atoms with E-state index in [2.05, 4.69) is 15.6 Å². The van der Waals surface area contributed by atoms with Crippen molar-refractivity contribution in [3.8, 4) is 16.2 Å². The fraction of sp³-hybridized carbons (Fsp3) is 0.525. The number of aryl methyl sites for hydroxylation is 1. The van der Waals surface area contributed by atoms with Gasteiger partial charge in [-0.2, -0.15) is 0 Å². The van der Waals surface area contributed by atoms with Crippen LogP contribution in [0.4, 0.5) is 8.78 Å². The van der Waals surface area contributed by atoms with Crippen molar-refractivity contribution in [3.63, 3.8) is 0 Å². The number of aliphatic hydroxyl groups excluding tert-OH is 1. The average molecular weight is 821 g/mol. The molecule has 2 aromatic carbocycles. The van der Waals surface area contributed by atoms with E-state index in [9.17, 15) is 28.7 Å². The molecule has 3 aromatic rings. The Bertz CT molecular complexity index is 1810. The van der Waals surface area contributed by atoms with E-state index in [0.29, 0.717) is 19.3 Å². The van der Waals surface area contributed by atoms with Gasteiger partial charge in [0.05, 0.1) is 28.2 Å². The summed E-state index contributed by atoms with van der Waals surface area (Å²) in [4.78, 5) is 58.4. The monoisotopic (exact) mass is 820 g/mol. The number of carbonyl (C=O) groups excluding carboxylic acids is 4. The van der Waals surface area contributed by atoms with Crippen molar-refractivity contribution in [1.82, 2.24) is 20.5 Å². The van der Waals surface area contributed by atoms with E-state index >= 15 is 4.39 Å². The molecule has 0 saturated carbocycles. The predicted molar refractivity (Wildman–Crippen MR) is 214 cm³/mol. The first-order valence-corrected chi connectivity index (χ1v) is 19.6. The van der Waals surface area contributed by atoms with Crippen LogP contribution in [0, 0.1) is 24.0 Å². The van der Waals surface area contributed by atoms with E-state index in [1.807, 2.05) is 58.9 Å². The lowest BCUT2D eigenvalue weighted by Crippen LogP contribution is -2.57. The van der Waals surface area contributed by atoms with Gasteiger partial charge in [-0.1, -0.05) is 51.5 Å². The highest BCUT2D eigenvalue weighted by molar-refractivity contribution is 7.13. The maximum atomic E-state index is 15.1. The third-order valence-electron chi connectivity index (χ3n) is 9.76. The first kappa shape index (κ1) is 46.2. The van der Waals surface area contributed by atoms with Gasteiger partial charge >= 0.3 is 0 Å². The molecule has 0 spiro atoms. The molecule has 1 fully saturated rings. The molecule has 1 aliphatic rings. The second-order valence-electron chi connectivity index (χ2n) is 15.4. The van der Waals surface area contributed by atoms with Crippen molar-refractivity contribution in [3.05, 3.63) is 70.4 Å². The van der Waals surface area contributed by atoms with Crippen molar-refractivity contribution < 1.29 is 37.8 Å². The van der Waals surface area contributed by atoms with Gasteiger partial charge < -0.3 is 36.8 Å². The highest BCUT2D eigenvalue weighted by Crippen LogP contribution is 2.30. The number of carbonyl (C=O) groups is 4. The van der Waals surface area contributed by atoms with Gasteiger partial charge in [0.25, 0.3) is 0 Å². The highest BCUT2D eigenvalue weighted by atomic mass is 35.5. The van der Waals surface area contributed by atoms with Gasteiger partial charge in [0.2, 0.25) is 23.6 Å². The number of nitrogens with two attached hydrogens (primary N) is 2. The van der Waals surface area contributed by atoms with Crippen LogP contribution in [0.25, 0.3) is 10.4 Å². The molecule has 7 N–H and O–H groups in total. The number of unbranched alkanes of at least 4 members (excludes halogenated alkanes) is 2. The first-order chi connectivity index (χ1) is 26.0. The number of ether oxygens (including phenoxy) is 1. The maximum Gasteiger partial charge on any atom is 0.246 e. The number of nitrogens with one attached hydrogen (secondary N) is 2. The molecule has 56 heavy (non-hydrogen) atoms. The van der Waals surface area contributed by atoms with Crippen molar-refractivity contribution in [2.75, 3.05) is 13.2 Å². The Kier molecular flexibility index (Phi) is 17.2. The van der Waals surface area contributed by atoms with Crippen LogP contribution in [-0.4, -0.2) is 76.0 Å². The largest absolute Gasteiger partial charge is 0.489 e. The Morgan fingerprint density at radius 1 is 1.05 bits per heavy atom. The second-order valence-corrected chi connectivity index (χ2v) is 16.2. The molecule has 1 aliphatic heterocycles. The number of halogens is 3. The summed E-state index contributed by atoms with van der Waals surface area (Å²) in [7, 11) is 0. The summed E-state index contributed by atoms with van der Waals surface area (Å²) in [5, 5.41) is 16.4. The van der Waals surface area contributed by atoms with E-state index in [-0.39, 0.29) is 80.9 Å². The minimum atomic E-state index is -0.976. The Balaban J connectivity index is 0.00000841. The molecule has 0 aliphatic carbocycles. The van der Waals surface area contributed by atoms with Gasteiger partial charge in [0.15, 0.2) is 11.6 Å². The van der Waals surface area contributed by atoms with Crippen LogP contribution in [0.5, 0.6) is 5.75 Å². The second kappa shape index (κ2) is 20.8. The minimum Gasteiger partial charge on any atom is -0.489 e. The molecular weight excluding hydrogens is 766 g/mol. The first-order valence-electron chi connectivity index (χ1n) is 18.7. The van der Waals surface area contributed by atoms with Crippen molar-refractivity contribution in [2.24, 2.45) is 16.9 Å². The van der Waals surface area contributed by atoms with E-state index < -0.39 is 59.0 Å². The zero-order valence-corrected chi connectivity index (χ0v) is 34.2. The Hall–Kier alpha value is -4.18. The van der Waals surface area contributed by atoms with Crippen molar-refractivity contribution in [2.45, 2.75) is 116 Å². The Morgan fingerprint density at radius 2 is 1.75 bits per heavy atom. The molecule has 4 amide bonds. The number of aliphatic hydroxyl groups is 1. The fourth-order valence-corrected chi connectivity index (χ4v) is 7.35. The lowest BCUT2D eigenvalue weighted by Gasteiger charge is -2.35. The van der Waals surface area contributed by atoms with Crippen LogP contribution in [0.2, 0.25) is 0 Å². The molecule has 12 nitrogen and oxygen atoms in total. The summed E-state index contributed by atoms with van der Waals surface area (Å²) in [5.41, 5.74) is 14.8. The lowest BCUT2D eigenvalue weighted by atomic mass is 9.85. The van der Waals surface area contributed by atoms with Crippen molar-refractivity contribution >= 4 is 47.4 Å². The van der Waals surface area contributed by atoms with Crippen LogP contribution in [0.1, 0.15) is 95.5 Å². The molecule has 2 heterocycles. The summed E-state index contributed by atoms with van der Waals surface area (Å²) in [6.45, 7) is 9.13. The van der Waals surface area contributed by atoms with Crippen LogP contribution < -0.4 is 26.8 Å². The summed E-state index contributed by atoms with van der Waals surface area (Å²) < 4.78 is 35.1. The average Bonchev–Trinajstić information content (AvgIpc) is 3.74. The number of primary amides is 1. The molecular formula is C40H55ClF2N6O6S. The summed E-state index contributed by atoms with van der Waals surface area (Å²) in [5.74, 6) is -3.41. The normalized spacial score (nSPS) is 17.1. The number of hydrogen-bond donors (Lipinski definition) is 5. The van der Waals surface area contributed by atoms with Crippen LogP contribution in [-0.2, 0) is 25.6 Å². The summed E-state index contributed by atoms with van der Waals surface area (Å²) >= 11 is 1.56. The lowest BCUT2D eigenvalue weighted by molar-refractivity contribution is -0.144. The molecule has 16 heteroatoms. The number of aromatic nitrogens is 1. The van der Waals surface area contributed by atoms with E-state index in [1.54, 1.807) is 16.8 Å². The van der Waals surface area contributed by atoms with Crippen LogP contribution in [0.3, 0.4) is 0 Å². The zero-order chi connectivity index (χ0) is 40.4. The predicted octanol–water partition coefficient (Wildman–Crippen LogP) is 5.26. The van der Waals surface area contributed by atoms with Gasteiger partial charge in [-0.15, -0.1) is 23.7 Å². The number of hydrogen-bond acceptors (Lipinski definition) is 9. The van der Waals surface area contributed by atoms with E-state index in [1.165, 1.54) is 11.0 Å². The molecule has 1 saturated heterocycles. The molecule has 0 bridgehead atoms. The van der Waals surface area contributed by atoms with Gasteiger partial charge in [-0.3, -0.25) is 19.2 Å². The molecule has 5 atom stereocenters. The summed E-state index contributed by atoms with van der Waals surface area (Å²) in [6, 6.07) is 7.34. The van der Waals surface area contributed by atoms with Crippen molar-refractivity contribution in [1.29, 1.82) is 0 Å². The van der Waals surface area contributed by atoms with Gasteiger partial charge in [-0.05, 0) is 68.2 Å². The smallest absolute Gasteiger partial charge is 0.246 e. The SMILES string of the molecule is Cc1ncsc1-c1ccc([C@H](C)NC(=O)[C@@H]2C[C@@H](O)CN2C(=O)[C@@H](NC(=O)CCCCCc2c(F)ccc(OC[C@@H](N)CCC(N)=O)c2F)C(C)(C)C)cc1.Cl. The number of β-amino-alcohol motifs (C(OH)–C–C–N with tert-alkyl or cyclic N) is 1. The highest BCUT2D eigenvalue weighted by Gasteiger charge is 2.44. The van der Waals surface area contributed by atoms with Gasteiger partial charge in [0, 0.05) is 37.4 Å². The number of nitrogens with zero attached hydrogens (tertiary/aromatic N) is 2. The van der Waals surface area contributed by atoms with Gasteiger partial charge in [0.1, 0.15) is 24.5 Å². The quantitative estimate of drug-likeness (QED) is 0.107. The molecule has 4 rings (SSSR count). The summed E-state index contributed by atoms with van der Waals surface area (Å²) in [6.07, 6.45) is 0.930. The topological polar surface area (TPSA) is 190 Å². The molecule has 1 aromatic heterocycles. The Morgan fingerprint density at radius 3 is 2.38 bits per heavy atom.